The van der Waals surface area contributed by atoms with Gasteiger partial charge >= 0.3 is 0 Å². The Morgan fingerprint density at radius 2 is 2.00 bits per heavy atom. The van der Waals surface area contributed by atoms with E-state index in [0.29, 0.717) is 34.3 Å². The summed E-state index contributed by atoms with van der Waals surface area (Å²) in [6.07, 6.45) is 3.35. The van der Waals surface area contributed by atoms with Gasteiger partial charge in [-0.05, 0) is 36.8 Å². The van der Waals surface area contributed by atoms with Crippen LogP contribution in [-0.4, -0.2) is 29.7 Å². The van der Waals surface area contributed by atoms with Gasteiger partial charge in [0, 0.05) is 18.5 Å². The van der Waals surface area contributed by atoms with Crippen molar-refractivity contribution in [1.29, 1.82) is 0 Å². The van der Waals surface area contributed by atoms with Crippen molar-refractivity contribution in [3.8, 4) is 17.2 Å². The van der Waals surface area contributed by atoms with Crippen molar-refractivity contribution in [3.63, 3.8) is 0 Å². The molecule has 0 spiro atoms. The van der Waals surface area contributed by atoms with Crippen LogP contribution >= 0.6 is 24.0 Å². The molecule has 3 N–H and O–H groups in total. The molecule has 0 amide bonds. The standard InChI is InChI=1S/C20H22FN5O2.HI/c1-13-23-8-9-26(13)18-6-4-14(10-16(18)21)12-24-20(22)25-17-11-15(27-2)5-7-19(17)28-3;/h4-11H,12H2,1-3H3,(H3,22,24,25);1H. The summed E-state index contributed by atoms with van der Waals surface area (Å²) in [5.41, 5.74) is 7.73. The van der Waals surface area contributed by atoms with Crippen molar-refractivity contribution in [2.45, 2.75) is 13.5 Å². The van der Waals surface area contributed by atoms with E-state index in [4.69, 9.17) is 15.2 Å². The van der Waals surface area contributed by atoms with Crippen LogP contribution in [0.15, 0.2) is 53.8 Å². The molecular weight excluding hydrogens is 488 g/mol. The van der Waals surface area contributed by atoms with Crippen LogP contribution in [0.25, 0.3) is 5.69 Å². The van der Waals surface area contributed by atoms with Gasteiger partial charge in [0.15, 0.2) is 5.96 Å². The van der Waals surface area contributed by atoms with Crippen molar-refractivity contribution in [2.75, 3.05) is 19.5 Å². The van der Waals surface area contributed by atoms with Crippen LogP contribution in [0.3, 0.4) is 0 Å². The molecule has 9 heteroatoms. The summed E-state index contributed by atoms with van der Waals surface area (Å²) in [6.45, 7) is 2.04. The average molecular weight is 511 g/mol. The Bertz CT molecular complexity index is 1010. The number of rotatable bonds is 6. The van der Waals surface area contributed by atoms with E-state index in [1.54, 1.807) is 61.5 Å². The normalized spacial score (nSPS) is 11.0. The van der Waals surface area contributed by atoms with Crippen LogP contribution in [0.2, 0.25) is 0 Å². The molecule has 29 heavy (non-hydrogen) atoms. The number of aryl methyl sites for hydroxylation is 1. The molecule has 1 aromatic heterocycles. The minimum Gasteiger partial charge on any atom is -0.497 e. The lowest BCUT2D eigenvalue weighted by Crippen LogP contribution is -2.23. The Balaban J connectivity index is 0.00000300. The number of ether oxygens (including phenoxy) is 2. The molecule has 3 aromatic rings. The van der Waals surface area contributed by atoms with Gasteiger partial charge in [-0.2, -0.15) is 0 Å². The molecule has 1 heterocycles. The maximum atomic E-state index is 14.5. The molecule has 0 aliphatic heterocycles. The maximum absolute atomic E-state index is 14.5. The second kappa shape index (κ2) is 10.1. The zero-order chi connectivity index (χ0) is 20.1. The lowest BCUT2D eigenvalue weighted by atomic mass is 10.2. The number of anilines is 1. The predicted octanol–water partition coefficient (Wildman–Crippen LogP) is 3.88. The van der Waals surface area contributed by atoms with Gasteiger partial charge in [0.1, 0.15) is 23.1 Å². The van der Waals surface area contributed by atoms with Gasteiger partial charge in [-0.1, -0.05) is 6.07 Å². The first-order valence-corrected chi connectivity index (χ1v) is 8.59. The number of guanidine groups is 1. The number of methoxy groups -OCH3 is 2. The summed E-state index contributed by atoms with van der Waals surface area (Å²) < 4.78 is 26.7. The monoisotopic (exact) mass is 511 g/mol. The van der Waals surface area contributed by atoms with E-state index in [1.165, 1.54) is 6.07 Å². The van der Waals surface area contributed by atoms with E-state index in [0.717, 1.165) is 0 Å². The SMILES string of the molecule is COc1ccc(OC)c(NC(N)=NCc2ccc(-n3ccnc3C)c(F)c2)c1.I. The highest BCUT2D eigenvalue weighted by atomic mass is 127. The zero-order valence-corrected chi connectivity index (χ0v) is 18.7. The van der Waals surface area contributed by atoms with Crippen molar-refractivity contribution in [1.82, 2.24) is 9.55 Å². The third kappa shape index (κ3) is 5.37. The molecule has 0 saturated carbocycles. The van der Waals surface area contributed by atoms with Crippen molar-refractivity contribution < 1.29 is 13.9 Å². The third-order valence-corrected chi connectivity index (χ3v) is 4.20. The van der Waals surface area contributed by atoms with Crippen LogP contribution in [0.5, 0.6) is 11.5 Å². The number of aliphatic imine (C=N–C) groups is 1. The smallest absolute Gasteiger partial charge is 0.193 e. The van der Waals surface area contributed by atoms with Crippen LogP contribution in [-0.2, 0) is 6.54 Å². The number of hydrogen-bond acceptors (Lipinski definition) is 4. The predicted molar refractivity (Wildman–Crippen MR) is 122 cm³/mol. The molecular formula is C20H23FIN5O2. The fraction of sp³-hybridized carbons (Fsp3) is 0.200. The van der Waals surface area contributed by atoms with E-state index < -0.39 is 0 Å². The first-order valence-electron chi connectivity index (χ1n) is 8.59. The van der Waals surface area contributed by atoms with Crippen LogP contribution in [0.4, 0.5) is 10.1 Å². The largest absolute Gasteiger partial charge is 0.497 e. The van der Waals surface area contributed by atoms with Gasteiger partial charge in [0.05, 0.1) is 32.1 Å². The van der Waals surface area contributed by atoms with Gasteiger partial charge in [0.2, 0.25) is 0 Å². The summed E-state index contributed by atoms with van der Waals surface area (Å²) in [7, 11) is 3.14. The van der Waals surface area contributed by atoms with E-state index in [2.05, 4.69) is 15.3 Å². The minimum atomic E-state index is -0.352. The van der Waals surface area contributed by atoms with E-state index in [9.17, 15) is 4.39 Å². The number of hydrogen-bond donors (Lipinski definition) is 2. The fourth-order valence-electron chi connectivity index (χ4n) is 2.74. The molecule has 2 aromatic carbocycles. The fourth-order valence-corrected chi connectivity index (χ4v) is 2.74. The Kier molecular flexibility index (Phi) is 7.82. The molecule has 154 valence electrons. The summed E-state index contributed by atoms with van der Waals surface area (Å²) in [6, 6.07) is 10.2. The number of nitrogens with one attached hydrogen (secondary N) is 1. The van der Waals surface area contributed by atoms with E-state index in [-0.39, 0.29) is 42.3 Å². The highest BCUT2D eigenvalue weighted by Crippen LogP contribution is 2.28. The van der Waals surface area contributed by atoms with Gasteiger partial charge in [-0.3, -0.25) is 0 Å². The minimum absolute atomic E-state index is 0. The lowest BCUT2D eigenvalue weighted by Gasteiger charge is -2.12. The molecule has 0 saturated heterocycles. The first-order chi connectivity index (χ1) is 13.5. The van der Waals surface area contributed by atoms with E-state index >= 15 is 0 Å². The maximum Gasteiger partial charge on any atom is 0.193 e. The summed E-state index contributed by atoms with van der Waals surface area (Å²) >= 11 is 0. The summed E-state index contributed by atoms with van der Waals surface area (Å²) in [5, 5.41) is 2.98. The summed E-state index contributed by atoms with van der Waals surface area (Å²) in [4.78, 5) is 8.39. The van der Waals surface area contributed by atoms with Gasteiger partial charge in [-0.15, -0.1) is 24.0 Å². The lowest BCUT2D eigenvalue weighted by molar-refractivity contribution is 0.405. The number of halogens is 2. The van der Waals surface area contributed by atoms with Gasteiger partial charge in [-0.25, -0.2) is 14.4 Å². The highest BCUT2D eigenvalue weighted by Gasteiger charge is 2.09. The second-order valence-corrected chi connectivity index (χ2v) is 6.02. The van der Waals surface area contributed by atoms with Crippen molar-refractivity contribution >= 4 is 35.6 Å². The van der Waals surface area contributed by atoms with Crippen molar-refractivity contribution in [3.05, 3.63) is 66.0 Å². The number of nitrogens with two attached hydrogens (primary N) is 1. The molecule has 0 aliphatic rings. The highest BCUT2D eigenvalue weighted by molar-refractivity contribution is 14.0. The summed E-state index contributed by atoms with van der Waals surface area (Å²) in [5.74, 6) is 1.80. The topological polar surface area (TPSA) is 86.7 Å². The third-order valence-electron chi connectivity index (χ3n) is 4.20. The molecule has 0 radical (unpaired) electrons. The number of benzene rings is 2. The Morgan fingerprint density at radius 3 is 2.62 bits per heavy atom. The van der Waals surface area contributed by atoms with Gasteiger partial charge in [0.25, 0.3) is 0 Å². The number of aromatic nitrogens is 2. The molecule has 0 fully saturated rings. The Morgan fingerprint density at radius 1 is 1.21 bits per heavy atom. The molecule has 0 atom stereocenters. The second-order valence-electron chi connectivity index (χ2n) is 6.02. The molecule has 0 aliphatic carbocycles. The number of nitrogens with zero attached hydrogens (tertiary/aromatic N) is 3. The van der Waals surface area contributed by atoms with Crippen LogP contribution < -0.4 is 20.5 Å². The number of imidazole rings is 1. The Hall–Kier alpha value is -2.82. The first kappa shape index (κ1) is 22.5. The van der Waals surface area contributed by atoms with Crippen molar-refractivity contribution in [2.24, 2.45) is 10.7 Å². The average Bonchev–Trinajstić information content (AvgIpc) is 3.12. The van der Waals surface area contributed by atoms with Crippen LogP contribution in [0, 0.1) is 12.7 Å². The molecule has 3 rings (SSSR count). The van der Waals surface area contributed by atoms with Crippen LogP contribution in [0.1, 0.15) is 11.4 Å². The van der Waals surface area contributed by atoms with Gasteiger partial charge < -0.3 is 25.1 Å². The molecule has 7 nitrogen and oxygen atoms in total. The molecule has 0 unspecified atom stereocenters. The molecule has 0 bridgehead atoms. The zero-order valence-electron chi connectivity index (χ0n) is 16.3. The van der Waals surface area contributed by atoms with E-state index in [1.807, 2.05) is 6.92 Å². The Labute approximate surface area is 185 Å². The quantitative estimate of drug-likeness (QED) is 0.298.